The third-order valence-electron chi connectivity index (χ3n) is 7.13. The standard InChI is InChI=1S/C42H52N2O14/c1-39(2,3)55-35(47)19-51-31-13-25-26(14-32(31)52-20-36(48)56-40(4,5)6)30(18-44-24-46)28-16-34(54-22-38(50)58-42(10,11)12)33(15-27(28)29(25)17-43-23-45)53-21-37(49)57-41(7,8)9/h13-16H,17-22H2,1-12H3. The summed E-state index contributed by atoms with van der Waals surface area (Å²) in [7, 11) is 0. The molecule has 0 atom stereocenters. The lowest BCUT2D eigenvalue weighted by Gasteiger charge is -2.23. The van der Waals surface area contributed by atoms with Gasteiger partial charge in [0.25, 0.3) is 0 Å². The molecule has 0 saturated carbocycles. The summed E-state index contributed by atoms with van der Waals surface area (Å²) in [5.74, 6) is -2.77. The maximum absolute atomic E-state index is 12.7. The van der Waals surface area contributed by atoms with E-state index in [1.54, 1.807) is 95.2 Å². The summed E-state index contributed by atoms with van der Waals surface area (Å²) < 4.78 is 45.4. The quantitative estimate of drug-likeness (QED) is 0.0496. The van der Waals surface area contributed by atoms with Crippen molar-refractivity contribution in [2.45, 2.75) is 119 Å². The van der Waals surface area contributed by atoms with Crippen molar-refractivity contribution in [3.63, 3.8) is 0 Å². The Kier molecular flexibility index (Phi) is 15.2. The zero-order valence-electron chi connectivity index (χ0n) is 35.2. The topological polar surface area (TPSA) is 201 Å². The molecule has 0 radical (unpaired) electrons. The number of aliphatic imine (C=N–C) groups is 2. The van der Waals surface area contributed by atoms with Crippen LogP contribution < -0.4 is 18.9 Å². The van der Waals surface area contributed by atoms with Crippen LogP contribution in [0.3, 0.4) is 0 Å². The average molecular weight is 809 g/mol. The van der Waals surface area contributed by atoms with Crippen molar-refractivity contribution in [3.8, 4) is 23.0 Å². The number of fused-ring (bicyclic) bond motifs is 2. The molecule has 3 aromatic rings. The first-order chi connectivity index (χ1) is 26.8. The molecule has 0 aliphatic rings. The fourth-order valence-corrected chi connectivity index (χ4v) is 5.45. The van der Waals surface area contributed by atoms with Crippen LogP contribution in [0.15, 0.2) is 34.3 Å². The van der Waals surface area contributed by atoms with Gasteiger partial charge in [0.2, 0.25) is 12.2 Å². The molecule has 0 spiro atoms. The second kappa shape index (κ2) is 19.0. The highest BCUT2D eigenvalue weighted by molar-refractivity contribution is 6.08. The Morgan fingerprint density at radius 2 is 0.638 bits per heavy atom. The van der Waals surface area contributed by atoms with E-state index >= 15 is 0 Å². The monoisotopic (exact) mass is 808 g/mol. The molecule has 314 valence electrons. The van der Waals surface area contributed by atoms with E-state index in [0.29, 0.717) is 32.7 Å². The van der Waals surface area contributed by atoms with Gasteiger partial charge in [-0.3, -0.25) is 0 Å². The van der Waals surface area contributed by atoms with Gasteiger partial charge in [-0.15, -0.1) is 0 Å². The molecular weight excluding hydrogens is 756 g/mol. The third kappa shape index (κ3) is 14.8. The molecule has 3 rings (SSSR count). The lowest BCUT2D eigenvalue weighted by Crippen LogP contribution is -2.28. The molecule has 0 aliphatic heterocycles. The van der Waals surface area contributed by atoms with Crippen LogP contribution in [-0.2, 0) is 60.8 Å². The number of carbonyl (C=O) groups excluding carboxylic acids is 6. The minimum atomic E-state index is -0.814. The predicted molar refractivity (Wildman–Crippen MR) is 210 cm³/mol. The third-order valence-corrected chi connectivity index (χ3v) is 7.13. The highest BCUT2D eigenvalue weighted by Gasteiger charge is 2.25. The molecule has 0 aromatic heterocycles. The molecule has 0 bridgehead atoms. The molecule has 0 heterocycles. The highest BCUT2D eigenvalue weighted by Crippen LogP contribution is 2.44. The largest absolute Gasteiger partial charge is 0.478 e. The van der Waals surface area contributed by atoms with Gasteiger partial charge >= 0.3 is 23.9 Å². The van der Waals surface area contributed by atoms with Crippen molar-refractivity contribution in [1.82, 2.24) is 0 Å². The Hall–Kier alpha value is -5.98. The van der Waals surface area contributed by atoms with Gasteiger partial charge in [-0.2, -0.15) is 0 Å². The maximum atomic E-state index is 12.7. The molecule has 16 nitrogen and oxygen atoms in total. The molecule has 0 saturated heterocycles. The van der Waals surface area contributed by atoms with Crippen LogP contribution in [0.2, 0.25) is 0 Å². The van der Waals surface area contributed by atoms with Gasteiger partial charge in [0.05, 0.1) is 13.1 Å². The minimum absolute atomic E-state index is 0.00107. The van der Waals surface area contributed by atoms with E-state index in [2.05, 4.69) is 9.98 Å². The van der Waals surface area contributed by atoms with Gasteiger partial charge < -0.3 is 37.9 Å². The number of hydrogen-bond donors (Lipinski definition) is 0. The van der Waals surface area contributed by atoms with Crippen molar-refractivity contribution in [2.75, 3.05) is 26.4 Å². The molecule has 16 heteroatoms. The minimum Gasteiger partial charge on any atom is -0.478 e. The Morgan fingerprint density at radius 1 is 0.431 bits per heavy atom. The molecule has 0 fully saturated rings. The summed E-state index contributed by atoms with van der Waals surface area (Å²) in [4.78, 5) is 81.8. The Morgan fingerprint density at radius 3 is 0.810 bits per heavy atom. The summed E-state index contributed by atoms with van der Waals surface area (Å²) >= 11 is 0. The van der Waals surface area contributed by atoms with Crippen LogP contribution in [0, 0.1) is 0 Å². The number of esters is 4. The van der Waals surface area contributed by atoms with Gasteiger partial charge in [-0.1, -0.05) is 0 Å². The SMILES string of the molecule is CC(C)(C)OC(=O)COc1cc2c(CN=C=O)c3cc(OCC(=O)OC(C)(C)C)c(OCC(=O)OC(C)(C)C)cc3c(CN=C=O)c2cc1OCC(=O)OC(C)(C)C. The maximum Gasteiger partial charge on any atom is 0.344 e. The van der Waals surface area contributed by atoms with Crippen LogP contribution >= 0.6 is 0 Å². The first-order valence-corrected chi connectivity index (χ1v) is 18.3. The number of isocyanates is 2. The summed E-state index contributed by atoms with van der Waals surface area (Å²) in [5.41, 5.74) is -2.46. The number of rotatable bonds is 16. The van der Waals surface area contributed by atoms with Crippen LogP contribution in [0.4, 0.5) is 0 Å². The molecule has 3 aromatic carbocycles. The first kappa shape index (κ1) is 46.4. The number of carbonyl (C=O) groups is 4. The Labute approximate surface area is 337 Å². The van der Waals surface area contributed by atoms with Gasteiger partial charge in [0, 0.05) is 0 Å². The summed E-state index contributed by atoms with van der Waals surface area (Å²) in [5, 5.41) is 1.58. The van der Waals surface area contributed by atoms with Crippen LogP contribution in [0.5, 0.6) is 23.0 Å². The second-order valence-electron chi connectivity index (χ2n) is 17.0. The fourth-order valence-electron chi connectivity index (χ4n) is 5.45. The lowest BCUT2D eigenvalue weighted by molar-refractivity contribution is -0.158. The van der Waals surface area contributed by atoms with E-state index in [0.717, 1.165) is 0 Å². The normalized spacial score (nSPS) is 11.8. The fraction of sp³-hybridized carbons (Fsp3) is 0.524. The Bertz CT molecular complexity index is 1840. The van der Waals surface area contributed by atoms with Gasteiger partial charge in [-0.05, 0) is 140 Å². The molecular formula is C42H52N2O14. The van der Waals surface area contributed by atoms with Crippen LogP contribution in [0.25, 0.3) is 21.5 Å². The van der Waals surface area contributed by atoms with Crippen LogP contribution in [-0.4, -0.2) is 84.9 Å². The summed E-state index contributed by atoms with van der Waals surface area (Å²) in [6, 6.07) is 6.06. The molecule has 58 heavy (non-hydrogen) atoms. The molecule has 0 aliphatic carbocycles. The lowest BCUT2D eigenvalue weighted by atomic mass is 9.90. The van der Waals surface area contributed by atoms with Gasteiger partial charge in [0.1, 0.15) is 22.4 Å². The number of hydrogen-bond acceptors (Lipinski definition) is 16. The van der Waals surface area contributed by atoms with Gasteiger partial charge in [-0.25, -0.2) is 38.8 Å². The van der Waals surface area contributed by atoms with E-state index < -0.39 is 72.7 Å². The zero-order valence-corrected chi connectivity index (χ0v) is 35.2. The van der Waals surface area contributed by atoms with E-state index in [1.807, 2.05) is 0 Å². The second-order valence-corrected chi connectivity index (χ2v) is 17.0. The van der Waals surface area contributed by atoms with Crippen molar-refractivity contribution in [1.29, 1.82) is 0 Å². The number of nitrogens with zero attached hydrogens (tertiary/aromatic N) is 2. The van der Waals surface area contributed by atoms with E-state index in [4.69, 9.17) is 37.9 Å². The van der Waals surface area contributed by atoms with E-state index in [-0.39, 0.29) is 36.1 Å². The molecule has 0 unspecified atom stereocenters. The summed E-state index contributed by atoms with van der Waals surface area (Å²) in [6.45, 7) is 17.7. The van der Waals surface area contributed by atoms with Crippen LogP contribution in [0.1, 0.15) is 94.2 Å². The van der Waals surface area contributed by atoms with Crippen molar-refractivity contribution >= 4 is 57.6 Å². The smallest absolute Gasteiger partial charge is 0.344 e. The van der Waals surface area contributed by atoms with E-state index in [1.165, 1.54) is 24.3 Å². The summed E-state index contributed by atoms with van der Waals surface area (Å²) in [6.07, 6.45) is 3.08. The Balaban J connectivity index is 2.40. The van der Waals surface area contributed by atoms with Gasteiger partial charge in [0.15, 0.2) is 49.4 Å². The van der Waals surface area contributed by atoms with E-state index in [9.17, 15) is 28.8 Å². The number of ether oxygens (including phenoxy) is 8. The zero-order chi connectivity index (χ0) is 43.6. The van der Waals surface area contributed by atoms with Crippen molar-refractivity contribution < 1.29 is 66.7 Å². The predicted octanol–water partition coefficient (Wildman–Crippen LogP) is 6.55. The first-order valence-electron chi connectivity index (χ1n) is 18.3. The molecule has 0 amide bonds. The van der Waals surface area contributed by atoms with Crippen molar-refractivity contribution in [2.24, 2.45) is 9.98 Å². The average Bonchev–Trinajstić information content (AvgIpc) is 3.06. The highest BCUT2D eigenvalue weighted by atomic mass is 16.6. The number of benzene rings is 3. The van der Waals surface area contributed by atoms with Crippen molar-refractivity contribution in [3.05, 3.63) is 35.4 Å². The molecule has 0 N–H and O–H groups in total.